The summed E-state index contributed by atoms with van der Waals surface area (Å²) in [6.45, 7) is 0.318. The second kappa shape index (κ2) is 4.22. The van der Waals surface area contributed by atoms with Crippen molar-refractivity contribution >= 4 is 17.0 Å². The van der Waals surface area contributed by atoms with E-state index in [4.69, 9.17) is 5.11 Å². The number of H-pyrrole nitrogens is 1. The van der Waals surface area contributed by atoms with Gasteiger partial charge in [0.1, 0.15) is 5.82 Å². The van der Waals surface area contributed by atoms with E-state index < -0.39 is 6.09 Å². The number of carboxylic acid groups (broad SMARTS) is 1. The fourth-order valence-corrected chi connectivity index (χ4v) is 1.66. The van der Waals surface area contributed by atoms with Crippen LogP contribution in [0, 0.1) is 5.82 Å². The average Bonchev–Trinajstić information content (AvgIpc) is 2.60. The van der Waals surface area contributed by atoms with Crippen molar-refractivity contribution in [1.29, 1.82) is 0 Å². The number of hydrogen-bond acceptors (Lipinski definition) is 1. The molecule has 16 heavy (non-hydrogen) atoms. The van der Waals surface area contributed by atoms with Crippen molar-refractivity contribution in [2.24, 2.45) is 0 Å². The molecule has 0 saturated heterocycles. The number of hydrogen-bond donors (Lipinski definition) is 3. The number of rotatable bonds is 3. The molecule has 0 bridgehead atoms. The van der Waals surface area contributed by atoms with Crippen LogP contribution in [-0.2, 0) is 6.42 Å². The van der Waals surface area contributed by atoms with Crippen LogP contribution in [0.5, 0.6) is 0 Å². The summed E-state index contributed by atoms with van der Waals surface area (Å²) >= 11 is 0. The van der Waals surface area contributed by atoms with Crippen molar-refractivity contribution in [2.75, 3.05) is 6.54 Å². The predicted octanol–water partition coefficient (Wildman–Crippen LogP) is 2.12. The predicted molar refractivity (Wildman–Crippen MR) is 58.0 cm³/mol. The van der Waals surface area contributed by atoms with E-state index in [-0.39, 0.29) is 5.82 Å². The summed E-state index contributed by atoms with van der Waals surface area (Å²) in [6.07, 6.45) is 1.26. The first-order valence-electron chi connectivity index (χ1n) is 4.89. The van der Waals surface area contributed by atoms with E-state index in [0.717, 1.165) is 16.5 Å². The molecule has 1 amide bonds. The molecular formula is C11H11FN2O2. The van der Waals surface area contributed by atoms with Crippen molar-refractivity contribution < 1.29 is 14.3 Å². The lowest BCUT2D eigenvalue weighted by atomic mass is 10.1. The van der Waals surface area contributed by atoms with Crippen LogP contribution in [0.2, 0.25) is 0 Å². The molecule has 3 N–H and O–H groups in total. The summed E-state index contributed by atoms with van der Waals surface area (Å²) in [5.41, 5.74) is 1.76. The van der Waals surface area contributed by atoms with Gasteiger partial charge in [0.15, 0.2) is 0 Å². The second-order valence-electron chi connectivity index (χ2n) is 3.49. The van der Waals surface area contributed by atoms with Gasteiger partial charge in [-0.2, -0.15) is 0 Å². The number of fused-ring (bicyclic) bond motifs is 1. The minimum Gasteiger partial charge on any atom is -0.465 e. The van der Waals surface area contributed by atoms with Crippen LogP contribution in [-0.4, -0.2) is 22.7 Å². The van der Waals surface area contributed by atoms with Gasteiger partial charge in [0, 0.05) is 23.6 Å². The molecular weight excluding hydrogens is 211 g/mol. The lowest BCUT2D eigenvalue weighted by Gasteiger charge is -2.00. The zero-order chi connectivity index (χ0) is 11.5. The zero-order valence-corrected chi connectivity index (χ0v) is 8.46. The van der Waals surface area contributed by atoms with Gasteiger partial charge in [-0.1, -0.05) is 0 Å². The maximum absolute atomic E-state index is 13.0. The molecule has 1 aromatic carbocycles. The largest absolute Gasteiger partial charge is 0.465 e. The highest BCUT2D eigenvalue weighted by molar-refractivity contribution is 5.83. The van der Waals surface area contributed by atoms with Gasteiger partial charge in [0.2, 0.25) is 0 Å². The second-order valence-corrected chi connectivity index (χ2v) is 3.49. The third kappa shape index (κ3) is 2.13. The Labute approximate surface area is 91.1 Å². The molecule has 1 aromatic heterocycles. The molecule has 0 atom stereocenters. The first kappa shape index (κ1) is 10.5. The number of carbonyl (C=O) groups is 1. The third-order valence-corrected chi connectivity index (χ3v) is 2.40. The van der Waals surface area contributed by atoms with Crippen molar-refractivity contribution in [2.45, 2.75) is 6.42 Å². The highest BCUT2D eigenvalue weighted by atomic mass is 19.1. The van der Waals surface area contributed by atoms with Crippen LogP contribution in [0.4, 0.5) is 9.18 Å². The molecule has 1 heterocycles. The summed E-state index contributed by atoms with van der Waals surface area (Å²) in [5, 5.41) is 11.5. The van der Waals surface area contributed by atoms with Gasteiger partial charge in [-0.25, -0.2) is 9.18 Å². The number of aromatic amines is 1. The number of aromatic nitrogens is 1. The van der Waals surface area contributed by atoms with Gasteiger partial charge in [0.05, 0.1) is 0 Å². The molecule has 2 aromatic rings. The Bertz CT molecular complexity index is 522. The maximum Gasteiger partial charge on any atom is 0.404 e. The first-order chi connectivity index (χ1) is 7.66. The van der Waals surface area contributed by atoms with E-state index in [1.165, 1.54) is 12.1 Å². The average molecular weight is 222 g/mol. The number of benzene rings is 1. The summed E-state index contributed by atoms with van der Waals surface area (Å²) in [5.74, 6) is -0.292. The molecule has 0 fully saturated rings. The monoisotopic (exact) mass is 222 g/mol. The fraction of sp³-hybridized carbons (Fsp3) is 0.182. The Morgan fingerprint density at radius 1 is 1.50 bits per heavy atom. The SMILES string of the molecule is O=C(O)NCCc1c[nH]c2ccc(F)cc12. The Morgan fingerprint density at radius 3 is 3.06 bits per heavy atom. The lowest BCUT2D eigenvalue weighted by Crippen LogP contribution is -2.23. The standard InChI is InChI=1S/C11H11FN2O2/c12-8-1-2-10-9(5-8)7(6-14-10)3-4-13-11(15)16/h1-2,5-6,13-14H,3-4H2,(H,15,16). The molecule has 0 unspecified atom stereocenters. The Balaban J connectivity index is 2.17. The number of nitrogens with one attached hydrogen (secondary N) is 2. The first-order valence-corrected chi connectivity index (χ1v) is 4.89. The smallest absolute Gasteiger partial charge is 0.404 e. The zero-order valence-electron chi connectivity index (χ0n) is 8.46. The molecule has 0 saturated carbocycles. The molecule has 4 nitrogen and oxygen atoms in total. The van der Waals surface area contributed by atoms with Crippen molar-refractivity contribution in [3.8, 4) is 0 Å². The van der Waals surface area contributed by atoms with E-state index in [9.17, 15) is 9.18 Å². The van der Waals surface area contributed by atoms with E-state index in [0.29, 0.717) is 13.0 Å². The van der Waals surface area contributed by atoms with Crippen LogP contribution in [0.3, 0.4) is 0 Å². The Hall–Kier alpha value is -2.04. The van der Waals surface area contributed by atoms with Crippen molar-refractivity contribution in [3.05, 3.63) is 35.8 Å². The summed E-state index contributed by atoms with van der Waals surface area (Å²) in [4.78, 5) is 13.3. The number of halogens is 1. The van der Waals surface area contributed by atoms with Gasteiger partial charge < -0.3 is 15.4 Å². The fourth-order valence-electron chi connectivity index (χ4n) is 1.66. The van der Waals surface area contributed by atoms with Crippen LogP contribution < -0.4 is 5.32 Å². The van der Waals surface area contributed by atoms with Gasteiger partial charge in [-0.05, 0) is 30.2 Å². The van der Waals surface area contributed by atoms with Crippen molar-refractivity contribution in [3.63, 3.8) is 0 Å². The summed E-state index contributed by atoms with van der Waals surface area (Å²) in [6, 6.07) is 4.50. The molecule has 84 valence electrons. The third-order valence-electron chi connectivity index (χ3n) is 2.40. The van der Waals surface area contributed by atoms with Crippen LogP contribution in [0.1, 0.15) is 5.56 Å². The van der Waals surface area contributed by atoms with Gasteiger partial charge >= 0.3 is 6.09 Å². The van der Waals surface area contributed by atoms with E-state index in [1.807, 2.05) is 0 Å². The highest BCUT2D eigenvalue weighted by Gasteiger charge is 2.05. The molecule has 0 spiro atoms. The Kier molecular flexibility index (Phi) is 2.76. The van der Waals surface area contributed by atoms with E-state index in [1.54, 1.807) is 12.3 Å². The summed E-state index contributed by atoms with van der Waals surface area (Å²) < 4.78 is 13.0. The minimum absolute atomic E-state index is 0.292. The van der Waals surface area contributed by atoms with Gasteiger partial charge in [-0.3, -0.25) is 0 Å². The topological polar surface area (TPSA) is 65.1 Å². The van der Waals surface area contributed by atoms with E-state index in [2.05, 4.69) is 10.3 Å². The van der Waals surface area contributed by atoms with Crippen LogP contribution in [0.15, 0.2) is 24.4 Å². The number of amides is 1. The quantitative estimate of drug-likeness (QED) is 0.744. The summed E-state index contributed by atoms with van der Waals surface area (Å²) in [7, 11) is 0. The molecule has 2 rings (SSSR count). The molecule has 0 aliphatic heterocycles. The van der Waals surface area contributed by atoms with Gasteiger partial charge in [0.25, 0.3) is 0 Å². The van der Waals surface area contributed by atoms with Crippen LogP contribution >= 0.6 is 0 Å². The Morgan fingerprint density at radius 2 is 2.31 bits per heavy atom. The minimum atomic E-state index is -1.05. The van der Waals surface area contributed by atoms with Gasteiger partial charge in [-0.15, -0.1) is 0 Å². The van der Waals surface area contributed by atoms with E-state index >= 15 is 0 Å². The van der Waals surface area contributed by atoms with Crippen LogP contribution in [0.25, 0.3) is 10.9 Å². The molecule has 5 heteroatoms. The van der Waals surface area contributed by atoms with Crippen molar-refractivity contribution in [1.82, 2.24) is 10.3 Å². The normalized spacial score (nSPS) is 10.6. The molecule has 0 radical (unpaired) electrons. The molecule has 0 aliphatic rings. The highest BCUT2D eigenvalue weighted by Crippen LogP contribution is 2.19. The maximum atomic E-state index is 13.0. The molecule has 0 aliphatic carbocycles. The lowest BCUT2D eigenvalue weighted by molar-refractivity contribution is 0.194.